The summed E-state index contributed by atoms with van der Waals surface area (Å²) in [5.74, 6) is -0.342. The van der Waals surface area contributed by atoms with Crippen molar-refractivity contribution in [1.82, 2.24) is 25.1 Å². The number of oxazole rings is 1. The summed E-state index contributed by atoms with van der Waals surface area (Å²) in [6, 6.07) is 8.07. The van der Waals surface area contributed by atoms with Crippen molar-refractivity contribution < 1.29 is 18.0 Å². The van der Waals surface area contributed by atoms with E-state index in [-0.39, 0.29) is 28.3 Å². The molecule has 0 radical (unpaired) electrons. The average Bonchev–Trinajstić information content (AvgIpc) is 3.46. The molecule has 0 spiro atoms. The molecule has 0 N–H and O–H groups in total. The molecule has 0 aliphatic carbocycles. The largest absolute Gasteiger partial charge is 0.422 e. The van der Waals surface area contributed by atoms with Gasteiger partial charge in [0.2, 0.25) is 11.5 Å². The van der Waals surface area contributed by atoms with Gasteiger partial charge in [-0.1, -0.05) is 32.4 Å². The van der Waals surface area contributed by atoms with E-state index in [0.29, 0.717) is 54.5 Å². The minimum Gasteiger partial charge on any atom is -0.422 e. The first-order chi connectivity index (χ1) is 16.2. The van der Waals surface area contributed by atoms with Crippen molar-refractivity contribution in [2.24, 2.45) is 0 Å². The molecule has 5 rings (SSSR count). The summed E-state index contributed by atoms with van der Waals surface area (Å²) < 4.78 is 26.2. The topological polar surface area (TPSA) is 101 Å². The molecule has 176 valence electrons. The van der Waals surface area contributed by atoms with Gasteiger partial charge in [0, 0.05) is 37.2 Å². The summed E-state index contributed by atoms with van der Waals surface area (Å²) in [6.07, 6.45) is 0. The molecule has 1 saturated heterocycles. The fourth-order valence-electron chi connectivity index (χ4n) is 3.66. The molecule has 1 aliphatic heterocycles. The van der Waals surface area contributed by atoms with Crippen molar-refractivity contribution in [3.05, 3.63) is 52.8 Å². The van der Waals surface area contributed by atoms with Crippen LogP contribution in [0.3, 0.4) is 0 Å². The van der Waals surface area contributed by atoms with Crippen molar-refractivity contribution in [2.45, 2.75) is 26.2 Å². The quantitative estimate of drug-likeness (QED) is 0.396. The second-order valence-corrected chi connectivity index (χ2v) is 9.48. The Hall–Kier alpha value is -3.53. The normalized spacial score (nSPS) is 14.7. The van der Waals surface area contributed by atoms with Crippen LogP contribution in [0.2, 0.25) is 5.15 Å². The number of piperazine rings is 1. The number of benzene rings is 1. The van der Waals surface area contributed by atoms with E-state index < -0.39 is 5.82 Å². The molecule has 1 aliphatic rings. The fourth-order valence-corrected chi connectivity index (χ4v) is 3.80. The average molecular weight is 485 g/mol. The van der Waals surface area contributed by atoms with Gasteiger partial charge in [-0.3, -0.25) is 4.79 Å². The fraction of sp³-hybridized carbons (Fsp3) is 0.348. The molecular weight excluding hydrogens is 463 g/mol. The highest BCUT2D eigenvalue weighted by Crippen LogP contribution is 2.28. The van der Waals surface area contributed by atoms with Crippen LogP contribution >= 0.6 is 11.6 Å². The van der Waals surface area contributed by atoms with Gasteiger partial charge >= 0.3 is 0 Å². The maximum atomic E-state index is 14.8. The summed E-state index contributed by atoms with van der Waals surface area (Å²) >= 11 is 5.91. The van der Waals surface area contributed by atoms with Crippen LogP contribution in [0.4, 0.5) is 10.4 Å². The minimum absolute atomic E-state index is 0.0872. The van der Waals surface area contributed by atoms with Crippen molar-refractivity contribution in [3.63, 3.8) is 0 Å². The van der Waals surface area contributed by atoms with E-state index in [1.807, 2.05) is 25.7 Å². The molecule has 0 bridgehead atoms. The Morgan fingerprint density at radius 3 is 2.47 bits per heavy atom. The number of pyridine rings is 1. The summed E-state index contributed by atoms with van der Waals surface area (Å²) in [5.41, 5.74) is 1.05. The lowest BCUT2D eigenvalue weighted by molar-refractivity contribution is 0.0744. The van der Waals surface area contributed by atoms with Gasteiger partial charge in [-0.15, -0.1) is 10.2 Å². The molecule has 1 fully saturated rings. The number of carbonyl (C=O) groups is 1. The van der Waals surface area contributed by atoms with E-state index in [1.54, 1.807) is 23.1 Å². The first-order valence-electron chi connectivity index (χ1n) is 10.8. The summed E-state index contributed by atoms with van der Waals surface area (Å²) in [7, 11) is 0. The number of fused-ring (bicyclic) bond motifs is 1. The molecule has 4 aromatic rings. The number of nitrogens with zero attached hydrogens (tertiary/aromatic N) is 6. The maximum absolute atomic E-state index is 14.8. The van der Waals surface area contributed by atoms with Crippen molar-refractivity contribution in [2.75, 3.05) is 31.1 Å². The zero-order valence-electron chi connectivity index (χ0n) is 18.9. The second-order valence-electron chi connectivity index (χ2n) is 9.09. The number of halogens is 2. The summed E-state index contributed by atoms with van der Waals surface area (Å²) in [4.78, 5) is 25.1. The van der Waals surface area contributed by atoms with Crippen LogP contribution in [0.25, 0.3) is 22.7 Å². The van der Waals surface area contributed by atoms with E-state index >= 15 is 0 Å². The van der Waals surface area contributed by atoms with Crippen molar-refractivity contribution in [3.8, 4) is 11.5 Å². The highest BCUT2D eigenvalue weighted by molar-refractivity contribution is 6.29. The number of anilines is 1. The van der Waals surface area contributed by atoms with E-state index in [9.17, 15) is 9.18 Å². The van der Waals surface area contributed by atoms with Gasteiger partial charge in [0.25, 0.3) is 17.8 Å². The van der Waals surface area contributed by atoms with Crippen LogP contribution in [-0.4, -0.2) is 57.2 Å². The van der Waals surface area contributed by atoms with Crippen LogP contribution < -0.4 is 4.90 Å². The van der Waals surface area contributed by atoms with Crippen molar-refractivity contribution >= 4 is 34.8 Å². The monoisotopic (exact) mass is 484 g/mol. The van der Waals surface area contributed by atoms with E-state index in [0.717, 1.165) is 0 Å². The Bertz CT molecular complexity index is 1370. The SMILES string of the molecule is CC(C)(C)c1nnc(-c2ccc(C(=O)N3CCN(c4nc5nc(Cl)ccc5o4)CC3)cc2F)o1. The highest BCUT2D eigenvalue weighted by Gasteiger charge is 2.27. The third-order valence-corrected chi connectivity index (χ3v) is 5.77. The molecule has 3 aromatic heterocycles. The predicted octanol–water partition coefficient (Wildman–Crippen LogP) is 4.33. The number of hydrogen-bond acceptors (Lipinski definition) is 8. The highest BCUT2D eigenvalue weighted by atomic mass is 35.5. The first-order valence-corrected chi connectivity index (χ1v) is 11.2. The molecule has 0 saturated carbocycles. The lowest BCUT2D eigenvalue weighted by Crippen LogP contribution is -2.49. The van der Waals surface area contributed by atoms with Gasteiger partial charge in [0.05, 0.1) is 5.56 Å². The van der Waals surface area contributed by atoms with Gasteiger partial charge in [0.15, 0.2) is 5.58 Å². The van der Waals surface area contributed by atoms with Crippen LogP contribution in [0.1, 0.15) is 37.0 Å². The van der Waals surface area contributed by atoms with E-state index in [2.05, 4.69) is 20.2 Å². The number of amides is 1. The van der Waals surface area contributed by atoms with Crippen LogP contribution in [0, 0.1) is 5.82 Å². The Morgan fingerprint density at radius 1 is 1.03 bits per heavy atom. The molecule has 1 aromatic carbocycles. The first kappa shape index (κ1) is 22.3. The lowest BCUT2D eigenvalue weighted by Gasteiger charge is -2.33. The van der Waals surface area contributed by atoms with Gasteiger partial charge in [-0.05, 0) is 30.3 Å². The molecule has 4 heterocycles. The Morgan fingerprint density at radius 2 is 1.79 bits per heavy atom. The van der Waals surface area contributed by atoms with Gasteiger partial charge in [-0.25, -0.2) is 9.37 Å². The molecule has 1 amide bonds. The zero-order chi connectivity index (χ0) is 24.0. The summed E-state index contributed by atoms with van der Waals surface area (Å²) in [5, 5.41) is 8.29. The molecule has 9 nitrogen and oxygen atoms in total. The van der Waals surface area contributed by atoms with Gasteiger partial charge in [0.1, 0.15) is 11.0 Å². The molecular formula is C23H22ClFN6O3. The van der Waals surface area contributed by atoms with E-state index in [4.69, 9.17) is 20.4 Å². The van der Waals surface area contributed by atoms with Crippen LogP contribution in [0.15, 0.2) is 39.2 Å². The maximum Gasteiger partial charge on any atom is 0.300 e. The van der Waals surface area contributed by atoms with Crippen LogP contribution in [0.5, 0.6) is 0 Å². The third kappa shape index (κ3) is 4.21. The Kier molecular flexibility index (Phi) is 5.47. The standard InChI is InChI=1S/C23H22ClFN6O3/c1-23(2,3)21-29-28-19(34-21)14-5-4-13(12-15(14)25)20(32)30-8-10-31(11-9-30)22-27-18-16(33-22)6-7-17(24)26-18/h4-7,12H,8-11H2,1-3H3. The number of carbonyl (C=O) groups excluding carboxylic acids is 1. The molecule has 34 heavy (non-hydrogen) atoms. The van der Waals surface area contributed by atoms with Gasteiger partial charge in [-0.2, -0.15) is 4.98 Å². The number of hydrogen-bond donors (Lipinski definition) is 0. The number of aromatic nitrogens is 4. The van der Waals surface area contributed by atoms with Gasteiger partial charge < -0.3 is 18.6 Å². The molecule has 0 unspecified atom stereocenters. The minimum atomic E-state index is -0.591. The van der Waals surface area contributed by atoms with Crippen LogP contribution in [-0.2, 0) is 5.41 Å². The summed E-state index contributed by atoms with van der Waals surface area (Å²) in [6.45, 7) is 7.70. The predicted molar refractivity (Wildman–Crippen MR) is 123 cm³/mol. The third-order valence-electron chi connectivity index (χ3n) is 5.56. The molecule has 0 atom stereocenters. The Labute approximate surface area is 199 Å². The Balaban J connectivity index is 1.27. The number of rotatable bonds is 3. The zero-order valence-corrected chi connectivity index (χ0v) is 19.6. The second kappa shape index (κ2) is 8.35. The molecule has 11 heteroatoms. The van der Waals surface area contributed by atoms with E-state index in [1.165, 1.54) is 12.1 Å². The lowest BCUT2D eigenvalue weighted by atomic mass is 9.97. The van der Waals surface area contributed by atoms with Crippen molar-refractivity contribution in [1.29, 1.82) is 0 Å². The smallest absolute Gasteiger partial charge is 0.300 e.